The van der Waals surface area contributed by atoms with Crippen molar-refractivity contribution in [3.8, 4) is 5.75 Å². The highest BCUT2D eigenvalue weighted by Crippen LogP contribution is 2.39. The standard InChI is InChI=1S/C30H30FN3O5/c1-38-25-13-9-23(10-14-25)29(37)34-26(27(35)32-19-21-5-3-2-4-6-21)20-39-30(34)15-17-33(18-16-30)28(36)22-7-11-24(31)12-8-22/h2-14,26H,15-20H2,1H3,(H,32,35). The minimum Gasteiger partial charge on any atom is -0.497 e. The van der Waals surface area contributed by atoms with Crippen molar-refractivity contribution in [2.45, 2.75) is 31.2 Å². The summed E-state index contributed by atoms with van der Waals surface area (Å²) >= 11 is 0. The molecule has 0 bridgehead atoms. The molecule has 0 saturated carbocycles. The van der Waals surface area contributed by atoms with Crippen LogP contribution >= 0.6 is 0 Å². The van der Waals surface area contributed by atoms with Crippen LogP contribution in [0.2, 0.25) is 0 Å². The summed E-state index contributed by atoms with van der Waals surface area (Å²) in [7, 11) is 1.55. The van der Waals surface area contributed by atoms with Crippen molar-refractivity contribution in [2.75, 3.05) is 26.8 Å². The molecule has 2 aliphatic rings. The summed E-state index contributed by atoms with van der Waals surface area (Å²) in [5.74, 6) is -0.639. The third-order valence-electron chi connectivity index (χ3n) is 7.35. The van der Waals surface area contributed by atoms with Crippen LogP contribution in [0.15, 0.2) is 78.9 Å². The van der Waals surface area contributed by atoms with Crippen molar-refractivity contribution in [1.29, 1.82) is 0 Å². The van der Waals surface area contributed by atoms with Gasteiger partial charge in [0.15, 0.2) is 0 Å². The molecule has 39 heavy (non-hydrogen) atoms. The van der Waals surface area contributed by atoms with Crippen molar-refractivity contribution >= 4 is 17.7 Å². The van der Waals surface area contributed by atoms with Gasteiger partial charge in [0.2, 0.25) is 5.91 Å². The van der Waals surface area contributed by atoms with Gasteiger partial charge in [0.25, 0.3) is 11.8 Å². The zero-order chi connectivity index (χ0) is 27.4. The molecular weight excluding hydrogens is 501 g/mol. The van der Waals surface area contributed by atoms with Crippen LogP contribution in [-0.2, 0) is 16.1 Å². The van der Waals surface area contributed by atoms with Gasteiger partial charge in [-0.15, -0.1) is 0 Å². The van der Waals surface area contributed by atoms with Crippen molar-refractivity contribution in [2.24, 2.45) is 0 Å². The summed E-state index contributed by atoms with van der Waals surface area (Å²) in [6, 6.07) is 20.9. The zero-order valence-corrected chi connectivity index (χ0v) is 21.6. The Morgan fingerprint density at radius 1 is 0.923 bits per heavy atom. The van der Waals surface area contributed by atoms with E-state index in [-0.39, 0.29) is 24.3 Å². The zero-order valence-electron chi connectivity index (χ0n) is 21.6. The fraction of sp³-hybridized carbons (Fsp3) is 0.300. The summed E-state index contributed by atoms with van der Waals surface area (Å²) in [5.41, 5.74) is 0.709. The molecule has 2 fully saturated rings. The van der Waals surface area contributed by atoms with Crippen molar-refractivity contribution in [1.82, 2.24) is 15.1 Å². The van der Waals surface area contributed by atoms with Gasteiger partial charge in [-0.1, -0.05) is 30.3 Å². The number of carbonyl (C=O) groups excluding carboxylic acids is 3. The average molecular weight is 532 g/mol. The summed E-state index contributed by atoms with van der Waals surface area (Å²) in [4.78, 5) is 43.5. The number of nitrogens with one attached hydrogen (secondary N) is 1. The number of amides is 3. The first-order chi connectivity index (χ1) is 18.9. The summed E-state index contributed by atoms with van der Waals surface area (Å²) in [5, 5.41) is 2.94. The molecule has 3 aromatic rings. The van der Waals surface area contributed by atoms with Crippen molar-refractivity contribution in [3.63, 3.8) is 0 Å². The van der Waals surface area contributed by atoms with E-state index in [1.165, 1.54) is 24.3 Å². The molecule has 2 heterocycles. The lowest BCUT2D eigenvalue weighted by Gasteiger charge is -2.44. The molecular formula is C30H30FN3O5. The third-order valence-corrected chi connectivity index (χ3v) is 7.35. The van der Waals surface area contributed by atoms with E-state index in [0.29, 0.717) is 49.4 Å². The number of nitrogens with zero attached hydrogens (tertiary/aromatic N) is 2. The number of methoxy groups -OCH3 is 1. The van der Waals surface area contributed by atoms with Crippen LogP contribution in [-0.4, -0.2) is 66.1 Å². The Morgan fingerprint density at radius 3 is 2.18 bits per heavy atom. The largest absolute Gasteiger partial charge is 0.497 e. The summed E-state index contributed by atoms with van der Waals surface area (Å²) in [6.45, 7) is 1.02. The molecule has 9 heteroatoms. The number of halogens is 1. The van der Waals surface area contributed by atoms with E-state index in [9.17, 15) is 18.8 Å². The van der Waals surface area contributed by atoms with E-state index < -0.39 is 17.6 Å². The molecule has 0 radical (unpaired) electrons. The molecule has 3 aromatic carbocycles. The van der Waals surface area contributed by atoms with Crippen LogP contribution in [0.1, 0.15) is 39.1 Å². The molecule has 5 rings (SSSR count). The van der Waals surface area contributed by atoms with Gasteiger partial charge in [0.1, 0.15) is 23.3 Å². The lowest BCUT2D eigenvalue weighted by molar-refractivity contribution is -0.128. The molecule has 1 atom stereocenters. The molecule has 2 aliphatic heterocycles. The number of piperidine rings is 1. The first-order valence-corrected chi connectivity index (χ1v) is 12.9. The van der Waals surface area contributed by atoms with Crippen LogP contribution in [0.4, 0.5) is 4.39 Å². The van der Waals surface area contributed by atoms with Crippen LogP contribution in [0.5, 0.6) is 5.75 Å². The average Bonchev–Trinajstić information content (AvgIpc) is 3.35. The number of rotatable bonds is 6. The van der Waals surface area contributed by atoms with Crippen LogP contribution < -0.4 is 10.1 Å². The minimum absolute atomic E-state index is 0.0500. The fourth-order valence-corrected chi connectivity index (χ4v) is 5.18. The predicted molar refractivity (Wildman–Crippen MR) is 141 cm³/mol. The molecule has 1 unspecified atom stereocenters. The van der Waals surface area contributed by atoms with E-state index in [1.807, 2.05) is 30.3 Å². The van der Waals surface area contributed by atoms with Crippen LogP contribution in [0.3, 0.4) is 0 Å². The van der Waals surface area contributed by atoms with E-state index in [2.05, 4.69) is 5.32 Å². The van der Waals surface area contributed by atoms with Crippen molar-refractivity contribution in [3.05, 3.63) is 101 Å². The van der Waals surface area contributed by atoms with Crippen LogP contribution in [0.25, 0.3) is 0 Å². The molecule has 2 saturated heterocycles. The second-order valence-corrected chi connectivity index (χ2v) is 9.68. The second-order valence-electron chi connectivity index (χ2n) is 9.68. The van der Waals surface area contributed by atoms with Gasteiger partial charge in [-0.05, 0) is 54.1 Å². The SMILES string of the molecule is COc1ccc(C(=O)N2C(C(=O)NCc3ccccc3)COC23CCN(C(=O)c2ccc(F)cc2)CC3)cc1. The number of likely N-dealkylation sites (tertiary alicyclic amines) is 1. The van der Waals surface area contributed by atoms with Gasteiger partial charge < -0.3 is 19.7 Å². The highest BCUT2D eigenvalue weighted by Gasteiger charge is 2.54. The Labute approximate surface area is 226 Å². The maximum absolute atomic E-state index is 13.9. The van der Waals surface area contributed by atoms with Gasteiger partial charge in [-0.2, -0.15) is 0 Å². The molecule has 0 aliphatic carbocycles. The lowest BCUT2D eigenvalue weighted by Crippen LogP contribution is -2.59. The van der Waals surface area contributed by atoms with Gasteiger partial charge in [0.05, 0.1) is 13.7 Å². The Bertz CT molecular complexity index is 1320. The highest BCUT2D eigenvalue weighted by molar-refractivity contribution is 5.99. The Kier molecular flexibility index (Phi) is 7.60. The Hall–Kier alpha value is -4.24. The van der Waals surface area contributed by atoms with Gasteiger partial charge >= 0.3 is 0 Å². The smallest absolute Gasteiger partial charge is 0.256 e. The van der Waals surface area contributed by atoms with E-state index in [4.69, 9.17) is 9.47 Å². The quantitative estimate of drug-likeness (QED) is 0.525. The molecule has 0 aromatic heterocycles. The lowest BCUT2D eigenvalue weighted by atomic mass is 9.96. The predicted octanol–water partition coefficient (Wildman–Crippen LogP) is 3.62. The number of hydrogen-bond donors (Lipinski definition) is 1. The molecule has 1 N–H and O–H groups in total. The maximum atomic E-state index is 13.9. The van der Waals surface area contributed by atoms with Gasteiger partial charge in [-0.3, -0.25) is 19.3 Å². The normalized spacial score (nSPS) is 18.2. The molecule has 1 spiro atoms. The second kappa shape index (κ2) is 11.2. The molecule has 3 amide bonds. The number of hydrogen-bond acceptors (Lipinski definition) is 5. The van der Waals surface area contributed by atoms with Gasteiger partial charge in [-0.25, -0.2) is 4.39 Å². The summed E-state index contributed by atoms with van der Waals surface area (Å²) in [6.07, 6.45) is 0.675. The molecule has 202 valence electrons. The highest BCUT2D eigenvalue weighted by atomic mass is 19.1. The van der Waals surface area contributed by atoms with Crippen LogP contribution in [0, 0.1) is 5.82 Å². The minimum atomic E-state index is -1.04. The Balaban J connectivity index is 1.36. The Morgan fingerprint density at radius 2 is 1.54 bits per heavy atom. The first kappa shape index (κ1) is 26.4. The monoisotopic (exact) mass is 531 g/mol. The molecule has 8 nitrogen and oxygen atoms in total. The van der Waals surface area contributed by atoms with Crippen molar-refractivity contribution < 1.29 is 28.2 Å². The number of carbonyl (C=O) groups is 3. The van der Waals surface area contributed by atoms with E-state index in [0.717, 1.165) is 5.56 Å². The number of benzene rings is 3. The maximum Gasteiger partial charge on any atom is 0.256 e. The topological polar surface area (TPSA) is 88.2 Å². The first-order valence-electron chi connectivity index (χ1n) is 12.9. The van der Waals surface area contributed by atoms with E-state index in [1.54, 1.807) is 41.2 Å². The third kappa shape index (κ3) is 5.49. The fourth-order valence-electron chi connectivity index (χ4n) is 5.18. The van der Waals surface area contributed by atoms with Gasteiger partial charge in [0, 0.05) is 43.6 Å². The summed E-state index contributed by atoms with van der Waals surface area (Å²) < 4.78 is 24.8. The number of ether oxygens (including phenoxy) is 2. The van der Waals surface area contributed by atoms with E-state index >= 15 is 0 Å².